The monoisotopic (exact) mass is 356 g/mol. The first-order valence-electron chi connectivity index (χ1n) is 9.39. The summed E-state index contributed by atoms with van der Waals surface area (Å²) < 4.78 is 6.97. The van der Waals surface area contributed by atoms with Gasteiger partial charge >= 0.3 is 5.97 Å². The highest BCUT2D eigenvalue weighted by molar-refractivity contribution is 5.72. The van der Waals surface area contributed by atoms with Crippen LogP contribution in [0.5, 0.6) is 0 Å². The van der Waals surface area contributed by atoms with Gasteiger partial charge in [0.2, 0.25) is 0 Å². The third-order valence-electron chi connectivity index (χ3n) is 5.51. The van der Waals surface area contributed by atoms with Crippen LogP contribution in [0.1, 0.15) is 57.7 Å². The number of aromatic nitrogens is 2. The van der Waals surface area contributed by atoms with Gasteiger partial charge in [0.05, 0.1) is 11.6 Å². The van der Waals surface area contributed by atoms with Crippen LogP contribution in [-0.4, -0.2) is 15.4 Å². The fraction of sp³-hybridized carbons (Fsp3) is 0.571. The van der Waals surface area contributed by atoms with E-state index in [1.54, 1.807) is 12.3 Å². The van der Waals surface area contributed by atoms with Gasteiger partial charge in [0, 0.05) is 12.3 Å². The maximum Gasteiger partial charge on any atom is 0.309 e. The number of esters is 1. The first kappa shape index (κ1) is 18.6. The number of hydrogen-bond acceptors (Lipinski definition) is 4. The Balaban J connectivity index is 1.61. The lowest BCUT2D eigenvalue weighted by Gasteiger charge is -2.36. The molecule has 2 aromatic rings. The van der Waals surface area contributed by atoms with Crippen LogP contribution in [0, 0.1) is 24.2 Å². The lowest BCUT2D eigenvalue weighted by Crippen LogP contribution is -2.29. The molecule has 0 aliphatic heterocycles. The Morgan fingerprint density at radius 2 is 1.92 bits per heavy atom. The summed E-state index contributed by atoms with van der Waals surface area (Å²) in [5.74, 6) is 0.471. The van der Waals surface area contributed by atoms with E-state index in [0.29, 0.717) is 22.7 Å². The van der Waals surface area contributed by atoms with Crippen molar-refractivity contribution in [1.82, 2.24) is 9.38 Å². The fourth-order valence-corrected chi connectivity index (χ4v) is 3.79. The van der Waals surface area contributed by atoms with E-state index >= 15 is 0 Å². The van der Waals surface area contributed by atoms with Gasteiger partial charge in [-0.2, -0.15) is 0 Å². The first-order chi connectivity index (χ1) is 12.2. The summed E-state index contributed by atoms with van der Waals surface area (Å²) in [6.45, 7) is 8.78. The Kier molecular flexibility index (Phi) is 5.17. The molecule has 5 heteroatoms. The molecule has 1 saturated carbocycles. The number of aryl methyl sites for hydroxylation is 1. The van der Waals surface area contributed by atoms with E-state index in [1.165, 1.54) is 10.5 Å². The molecule has 0 aromatic carbocycles. The zero-order chi connectivity index (χ0) is 18.9. The van der Waals surface area contributed by atoms with Gasteiger partial charge in [0.25, 0.3) is 5.56 Å². The van der Waals surface area contributed by atoms with Crippen LogP contribution in [0.25, 0.3) is 5.65 Å². The molecular weight excluding hydrogens is 328 g/mol. The van der Waals surface area contributed by atoms with Crippen molar-refractivity contribution in [2.45, 2.75) is 60.0 Å². The summed E-state index contributed by atoms with van der Waals surface area (Å²) in [7, 11) is 0. The van der Waals surface area contributed by atoms with Crippen LogP contribution in [0.2, 0.25) is 0 Å². The quantitative estimate of drug-likeness (QED) is 0.783. The third kappa shape index (κ3) is 4.14. The van der Waals surface area contributed by atoms with Crippen LogP contribution in [-0.2, 0) is 16.1 Å². The Morgan fingerprint density at radius 3 is 2.58 bits per heavy atom. The number of hydrogen-bond donors (Lipinski definition) is 0. The Morgan fingerprint density at radius 1 is 1.23 bits per heavy atom. The van der Waals surface area contributed by atoms with Crippen molar-refractivity contribution < 1.29 is 9.53 Å². The first-order valence-corrected chi connectivity index (χ1v) is 9.39. The van der Waals surface area contributed by atoms with Crippen LogP contribution in [0.4, 0.5) is 0 Å². The summed E-state index contributed by atoms with van der Waals surface area (Å²) in [6, 6.07) is 5.15. The normalized spacial score (nSPS) is 20.9. The smallest absolute Gasteiger partial charge is 0.309 e. The molecule has 0 atom stereocenters. The van der Waals surface area contributed by atoms with E-state index < -0.39 is 0 Å². The predicted molar refractivity (Wildman–Crippen MR) is 101 cm³/mol. The Bertz CT molecular complexity index is 856. The number of pyridine rings is 1. The fourth-order valence-electron chi connectivity index (χ4n) is 3.79. The second-order valence-electron chi connectivity index (χ2n) is 8.54. The number of carbonyl (C=O) groups excluding carboxylic acids is 1. The minimum absolute atomic E-state index is 0.0298. The van der Waals surface area contributed by atoms with E-state index in [9.17, 15) is 9.59 Å². The molecule has 5 nitrogen and oxygen atoms in total. The van der Waals surface area contributed by atoms with Gasteiger partial charge in [0.15, 0.2) is 0 Å². The minimum Gasteiger partial charge on any atom is -0.459 e. The van der Waals surface area contributed by atoms with Gasteiger partial charge in [-0.1, -0.05) is 26.8 Å². The lowest BCUT2D eigenvalue weighted by molar-refractivity contribution is -0.151. The number of rotatable bonds is 3. The molecule has 1 aliphatic rings. The highest BCUT2D eigenvalue weighted by Crippen LogP contribution is 2.40. The summed E-state index contributed by atoms with van der Waals surface area (Å²) in [6.07, 6.45) is 5.66. The van der Waals surface area contributed by atoms with Crippen molar-refractivity contribution in [3.63, 3.8) is 0 Å². The summed E-state index contributed by atoms with van der Waals surface area (Å²) in [5, 5.41) is 0. The Hall–Kier alpha value is -2.17. The molecule has 26 heavy (non-hydrogen) atoms. The largest absolute Gasteiger partial charge is 0.459 e. The molecule has 0 spiro atoms. The van der Waals surface area contributed by atoms with Gasteiger partial charge in [-0.15, -0.1) is 0 Å². The van der Waals surface area contributed by atoms with E-state index in [1.807, 2.05) is 13.0 Å². The van der Waals surface area contributed by atoms with E-state index in [2.05, 4.69) is 25.8 Å². The molecule has 0 amide bonds. The lowest BCUT2D eigenvalue weighted by atomic mass is 9.70. The van der Waals surface area contributed by atoms with Gasteiger partial charge in [-0.05, 0) is 55.6 Å². The number of ether oxygens (including phenoxy) is 1. The van der Waals surface area contributed by atoms with Gasteiger partial charge < -0.3 is 4.74 Å². The van der Waals surface area contributed by atoms with Crippen molar-refractivity contribution in [2.24, 2.45) is 17.3 Å². The molecule has 0 unspecified atom stereocenters. The van der Waals surface area contributed by atoms with E-state index in [-0.39, 0.29) is 24.1 Å². The zero-order valence-corrected chi connectivity index (χ0v) is 16.1. The molecule has 2 aromatic heterocycles. The van der Waals surface area contributed by atoms with Crippen molar-refractivity contribution in [2.75, 3.05) is 0 Å². The molecule has 3 rings (SSSR count). The van der Waals surface area contributed by atoms with Crippen LogP contribution < -0.4 is 5.56 Å². The maximum atomic E-state index is 12.4. The molecule has 1 aliphatic carbocycles. The highest BCUT2D eigenvalue weighted by atomic mass is 16.5. The average molecular weight is 356 g/mol. The van der Waals surface area contributed by atoms with Crippen molar-refractivity contribution in [3.05, 3.63) is 46.0 Å². The number of carbonyl (C=O) groups is 1. The SMILES string of the molecule is Cc1ccc2nc(COC(=O)C3CCC(C(C)(C)C)CC3)cc(=O)n2c1. The molecule has 140 valence electrons. The maximum absolute atomic E-state index is 12.4. The summed E-state index contributed by atoms with van der Waals surface area (Å²) in [4.78, 5) is 29.0. The van der Waals surface area contributed by atoms with Gasteiger partial charge in [0.1, 0.15) is 12.3 Å². The zero-order valence-electron chi connectivity index (χ0n) is 16.1. The predicted octanol–water partition coefficient (Wildman–Crippen LogP) is 3.90. The molecular formula is C21H28N2O3. The molecule has 2 heterocycles. The molecule has 0 saturated heterocycles. The van der Waals surface area contributed by atoms with E-state index in [4.69, 9.17) is 4.74 Å². The second kappa shape index (κ2) is 7.22. The summed E-state index contributed by atoms with van der Waals surface area (Å²) in [5.41, 5.74) is 2.20. The van der Waals surface area contributed by atoms with Crippen LogP contribution in [0.3, 0.4) is 0 Å². The Labute approximate surface area is 154 Å². The summed E-state index contributed by atoms with van der Waals surface area (Å²) >= 11 is 0. The average Bonchev–Trinajstić information content (AvgIpc) is 2.59. The molecule has 0 radical (unpaired) electrons. The van der Waals surface area contributed by atoms with E-state index in [0.717, 1.165) is 31.2 Å². The number of nitrogens with zero attached hydrogens (tertiary/aromatic N) is 2. The molecule has 1 fully saturated rings. The van der Waals surface area contributed by atoms with Crippen LogP contribution >= 0.6 is 0 Å². The van der Waals surface area contributed by atoms with Crippen molar-refractivity contribution in [1.29, 1.82) is 0 Å². The standard InChI is InChI=1S/C21H28N2O3/c1-14-5-10-18-22-17(11-19(24)23(18)12-14)13-26-20(25)15-6-8-16(9-7-15)21(2,3)4/h5,10-12,15-16H,6-9,13H2,1-4H3. The third-order valence-corrected chi connectivity index (χ3v) is 5.51. The highest BCUT2D eigenvalue weighted by Gasteiger charge is 2.33. The van der Waals surface area contributed by atoms with Crippen molar-refractivity contribution in [3.8, 4) is 0 Å². The molecule has 0 bridgehead atoms. The van der Waals surface area contributed by atoms with Gasteiger partial charge in [-0.3, -0.25) is 14.0 Å². The number of fused-ring (bicyclic) bond motifs is 1. The van der Waals surface area contributed by atoms with Gasteiger partial charge in [-0.25, -0.2) is 4.98 Å². The van der Waals surface area contributed by atoms with Crippen molar-refractivity contribution >= 4 is 11.6 Å². The topological polar surface area (TPSA) is 60.7 Å². The van der Waals surface area contributed by atoms with Crippen LogP contribution in [0.15, 0.2) is 29.2 Å². The minimum atomic E-state index is -0.164. The second-order valence-corrected chi connectivity index (χ2v) is 8.54. The molecule has 0 N–H and O–H groups in total.